The van der Waals surface area contributed by atoms with E-state index in [2.05, 4.69) is 10.9 Å². The topological polar surface area (TPSA) is 61.4 Å². The fourth-order valence-corrected chi connectivity index (χ4v) is 1.28. The molecule has 0 aliphatic carbocycles. The summed E-state index contributed by atoms with van der Waals surface area (Å²) in [5.74, 6) is -0.847. The van der Waals surface area contributed by atoms with Crippen LogP contribution in [0.5, 0.6) is 0 Å². The molecule has 15 heavy (non-hydrogen) atoms. The minimum Gasteiger partial charge on any atom is -0.480 e. The van der Waals surface area contributed by atoms with Crippen LogP contribution in [0.25, 0.3) is 0 Å². The van der Waals surface area contributed by atoms with E-state index in [1.54, 1.807) is 0 Å². The van der Waals surface area contributed by atoms with Gasteiger partial charge in [-0.3, -0.25) is 10.2 Å². The van der Waals surface area contributed by atoms with Crippen molar-refractivity contribution in [2.24, 2.45) is 0 Å². The first-order valence-corrected chi connectivity index (χ1v) is 4.99. The Balaban J connectivity index is 2.55. The van der Waals surface area contributed by atoms with Crippen LogP contribution in [-0.4, -0.2) is 23.7 Å². The Kier molecular flexibility index (Phi) is 4.80. The van der Waals surface area contributed by atoms with E-state index in [4.69, 9.17) is 5.11 Å². The normalized spacial score (nSPS) is 12.3. The SMILES string of the molecule is CCNN[C@@H](Cc1ccccc1)C(=O)O. The smallest absolute Gasteiger partial charge is 0.322 e. The standard InChI is InChI=1S/C11H16N2O2/c1-2-12-13-10(11(14)15)8-9-6-4-3-5-7-9/h3-7,10,12-13H,2,8H2,1H3,(H,14,15)/t10-/m0/s1. The van der Waals surface area contributed by atoms with Crippen molar-refractivity contribution in [3.8, 4) is 0 Å². The average molecular weight is 208 g/mol. The first-order valence-electron chi connectivity index (χ1n) is 4.99. The second-order valence-electron chi connectivity index (χ2n) is 3.26. The molecule has 0 aromatic heterocycles. The summed E-state index contributed by atoms with van der Waals surface area (Å²) in [6.45, 7) is 2.60. The predicted octanol–water partition coefficient (Wildman–Crippen LogP) is 0.796. The van der Waals surface area contributed by atoms with Crippen LogP contribution in [0.3, 0.4) is 0 Å². The third-order valence-electron chi connectivity index (χ3n) is 2.03. The molecule has 0 radical (unpaired) electrons. The summed E-state index contributed by atoms with van der Waals surface area (Å²) >= 11 is 0. The summed E-state index contributed by atoms with van der Waals surface area (Å²) in [7, 11) is 0. The lowest BCUT2D eigenvalue weighted by molar-refractivity contribution is -0.139. The lowest BCUT2D eigenvalue weighted by Crippen LogP contribution is -2.46. The molecule has 0 spiro atoms. The van der Waals surface area contributed by atoms with Crippen molar-refractivity contribution >= 4 is 5.97 Å². The maximum atomic E-state index is 10.9. The van der Waals surface area contributed by atoms with Crippen LogP contribution in [0.15, 0.2) is 30.3 Å². The molecule has 0 saturated carbocycles. The molecule has 0 fully saturated rings. The van der Waals surface area contributed by atoms with Gasteiger partial charge in [0.1, 0.15) is 6.04 Å². The monoisotopic (exact) mass is 208 g/mol. The summed E-state index contributed by atoms with van der Waals surface area (Å²) in [6, 6.07) is 8.97. The van der Waals surface area contributed by atoms with Crippen LogP contribution < -0.4 is 10.9 Å². The molecule has 0 bridgehead atoms. The van der Waals surface area contributed by atoms with Crippen LogP contribution in [0, 0.1) is 0 Å². The number of benzene rings is 1. The summed E-state index contributed by atoms with van der Waals surface area (Å²) in [4.78, 5) is 10.9. The van der Waals surface area contributed by atoms with E-state index in [-0.39, 0.29) is 0 Å². The van der Waals surface area contributed by atoms with Gasteiger partial charge in [-0.15, -0.1) is 0 Å². The summed E-state index contributed by atoms with van der Waals surface area (Å²) < 4.78 is 0. The van der Waals surface area contributed by atoms with Gasteiger partial charge < -0.3 is 5.11 Å². The number of carbonyl (C=O) groups is 1. The average Bonchev–Trinajstić information content (AvgIpc) is 2.25. The van der Waals surface area contributed by atoms with Gasteiger partial charge in [-0.1, -0.05) is 37.3 Å². The molecular weight excluding hydrogens is 192 g/mol. The Morgan fingerprint density at radius 1 is 1.40 bits per heavy atom. The Bertz CT molecular complexity index is 301. The number of carboxylic acids is 1. The van der Waals surface area contributed by atoms with E-state index in [1.165, 1.54) is 0 Å². The quantitative estimate of drug-likeness (QED) is 0.605. The number of carboxylic acid groups (broad SMARTS) is 1. The molecule has 1 rings (SSSR count). The van der Waals surface area contributed by atoms with Gasteiger partial charge >= 0.3 is 5.97 Å². The zero-order chi connectivity index (χ0) is 11.1. The number of hydrogen-bond acceptors (Lipinski definition) is 3. The lowest BCUT2D eigenvalue weighted by atomic mass is 10.1. The summed E-state index contributed by atoms with van der Waals surface area (Å²) in [5, 5.41) is 8.96. The van der Waals surface area contributed by atoms with E-state index in [0.717, 1.165) is 5.56 Å². The molecule has 0 aliphatic rings. The van der Waals surface area contributed by atoms with Crippen molar-refractivity contribution in [3.05, 3.63) is 35.9 Å². The predicted molar refractivity (Wildman–Crippen MR) is 58.4 cm³/mol. The third-order valence-corrected chi connectivity index (χ3v) is 2.03. The highest BCUT2D eigenvalue weighted by atomic mass is 16.4. The highest BCUT2D eigenvalue weighted by Crippen LogP contribution is 2.02. The zero-order valence-electron chi connectivity index (χ0n) is 8.73. The van der Waals surface area contributed by atoms with Gasteiger partial charge in [-0.2, -0.15) is 0 Å². The largest absolute Gasteiger partial charge is 0.480 e. The summed E-state index contributed by atoms with van der Waals surface area (Å²) in [5.41, 5.74) is 6.60. The molecule has 4 heteroatoms. The number of aliphatic carboxylic acids is 1. The van der Waals surface area contributed by atoms with Gasteiger partial charge in [0.15, 0.2) is 0 Å². The van der Waals surface area contributed by atoms with Gasteiger partial charge in [0.05, 0.1) is 0 Å². The van der Waals surface area contributed by atoms with Crippen molar-refractivity contribution in [1.82, 2.24) is 10.9 Å². The minimum absolute atomic E-state index is 0.475. The number of hydrazine groups is 1. The third kappa shape index (κ3) is 4.10. The second-order valence-corrected chi connectivity index (χ2v) is 3.26. The molecule has 0 saturated heterocycles. The highest BCUT2D eigenvalue weighted by Gasteiger charge is 2.16. The maximum absolute atomic E-state index is 10.9. The second kappa shape index (κ2) is 6.16. The Morgan fingerprint density at radius 3 is 2.60 bits per heavy atom. The molecule has 0 heterocycles. The molecule has 1 aromatic carbocycles. The molecule has 0 aliphatic heterocycles. The van der Waals surface area contributed by atoms with Gasteiger partial charge in [0, 0.05) is 6.54 Å². The van der Waals surface area contributed by atoms with Crippen molar-refractivity contribution in [3.63, 3.8) is 0 Å². The highest BCUT2D eigenvalue weighted by molar-refractivity contribution is 5.73. The van der Waals surface area contributed by atoms with Crippen LogP contribution in [0.1, 0.15) is 12.5 Å². The fourth-order valence-electron chi connectivity index (χ4n) is 1.28. The molecule has 82 valence electrons. The number of hydrogen-bond donors (Lipinski definition) is 3. The van der Waals surface area contributed by atoms with Crippen LogP contribution in [0.2, 0.25) is 0 Å². The van der Waals surface area contributed by atoms with E-state index in [9.17, 15) is 4.79 Å². The first-order chi connectivity index (χ1) is 7.24. The first kappa shape index (κ1) is 11.7. The Hall–Kier alpha value is -1.39. The van der Waals surface area contributed by atoms with E-state index >= 15 is 0 Å². The Morgan fingerprint density at radius 2 is 2.07 bits per heavy atom. The maximum Gasteiger partial charge on any atom is 0.322 e. The van der Waals surface area contributed by atoms with Gasteiger partial charge in [0.2, 0.25) is 0 Å². The summed E-state index contributed by atoms with van der Waals surface area (Å²) in [6.07, 6.45) is 0.475. The van der Waals surface area contributed by atoms with Crippen LogP contribution in [-0.2, 0) is 11.2 Å². The molecule has 3 N–H and O–H groups in total. The molecule has 0 unspecified atom stereocenters. The zero-order valence-corrected chi connectivity index (χ0v) is 8.73. The van der Waals surface area contributed by atoms with Gasteiger partial charge in [-0.25, -0.2) is 5.43 Å². The fraction of sp³-hybridized carbons (Fsp3) is 0.364. The molecule has 1 atom stereocenters. The molecular formula is C11H16N2O2. The lowest BCUT2D eigenvalue weighted by Gasteiger charge is -2.14. The van der Waals surface area contributed by atoms with E-state index in [0.29, 0.717) is 13.0 Å². The number of nitrogens with one attached hydrogen (secondary N) is 2. The van der Waals surface area contributed by atoms with Crippen LogP contribution in [0.4, 0.5) is 0 Å². The van der Waals surface area contributed by atoms with Crippen molar-refractivity contribution < 1.29 is 9.90 Å². The van der Waals surface area contributed by atoms with Gasteiger partial charge in [-0.05, 0) is 12.0 Å². The van der Waals surface area contributed by atoms with Gasteiger partial charge in [0.25, 0.3) is 0 Å². The van der Waals surface area contributed by atoms with Crippen molar-refractivity contribution in [1.29, 1.82) is 0 Å². The Labute approximate surface area is 89.3 Å². The van der Waals surface area contributed by atoms with Crippen molar-refractivity contribution in [2.45, 2.75) is 19.4 Å². The number of rotatable bonds is 6. The van der Waals surface area contributed by atoms with E-state index in [1.807, 2.05) is 37.3 Å². The van der Waals surface area contributed by atoms with E-state index < -0.39 is 12.0 Å². The molecule has 0 amide bonds. The van der Waals surface area contributed by atoms with Crippen LogP contribution >= 0.6 is 0 Å². The molecule has 1 aromatic rings. The van der Waals surface area contributed by atoms with Crippen molar-refractivity contribution in [2.75, 3.05) is 6.54 Å². The minimum atomic E-state index is -0.847. The molecule has 4 nitrogen and oxygen atoms in total.